The highest BCUT2D eigenvalue weighted by Crippen LogP contribution is 2.59. The van der Waals surface area contributed by atoms with E-state index < -0.39 is 0 Å². The first kappa shape index (κ1) is 27.2. The zero-order valence-electron chi connectivity index (χ0n) is 26.1. The fourth-order valence-electron chi connectivity index (χ4n) is 7.42. The van der Waals surface area contributed by atoms with E-state index in [-0.39, 0.29) is 10.8 Å². The van der Waals surface area contributed by atoms with Gasteiger partial charge >= 0.3 is 0 Å². The Morgan fingerprint density at radius 2 is 1.05 bits per heavy atom. The Morgan fingerprint density at radius 1 is 0.488 bits per heavy atom. The van der Waals surface area contributed by atoms with Gasteiger partial charge in [0.05, 0.1) is 0 Å². The van der Waals surface area contributed by atoms with Gasteiger partial charge in [-0.1, -0.05) is 123 Å². The van der Waals surface area contributed by atoms with Crippen molar-refractivity contribution in [2.75, 3.05) is 4.90 Å². The number of benzene rings is 6. The summed E-state index contributed by atoms with van der Waals surface area (Å²) in [6.07, 6.45) is 0. The predicted octanol–water partition coefficient (Wildman–Crippen LogP) is 11.5. The Kier molecular flexibility index (Phi) is 6.32. The standard InChI is InChI=1S/C42H39N/c1-28-16-21-33(22-17-28)43(32-12-8-7-9-13-32)34-23-19-31(20-24-34)42(6)39-27-30(3)35-14-10-11-15-36(35)40(39)37-25-18-29(2)26-38(37)41(42,4)5/h7-27H,1-6H3. The van der Waals surface area contributed by atoms with Gasteiger partial charge < -0.3 is 4.90 Å². The zero-order chi connectivity index (χ0) is 29.9. The van der Waals surface area contributed by atoms with Crippen LogP contribution < -0.4 is 4.90 Å². The summed E-state index contributed by atoms with van der Waals surface area (Å²) in [5.41, 5.74) is 13.9. The molecule has 1 nitrogen and oxygen atoms in total. The van der Waals surface area contributed by atoms with Crippen molar-refractivity contribution in [2.24, 2.45) is 0 Å². The van der Waals surface area contributed by atoms with Crippen LogP contribution in [0.2, 0.25) is 0 Å². The van der Waals surface area contributed by atoms with Crippen LogP contribution in [0, 0.1) is 20.8 Å². The number of hydrogen-bond acceptors (Lipinski definition) is 1. The molecule has 0 radical (unpaired) electrons. The van der Waals surface area contributed by atoms with E-state index in [1.54, 1.807) is 0 Å². The Balaban J connectivity index is 1.45. The summed E-state index contributed by atoms with van der Waals surface area (Å²) in [6.45, 7) is 14.0. The van der Waals surface area contributed by atoms with Gasteiger partial charge in [0.25, 0.3) is 0 Å². The molecule has 7 rings (SSSR count). The molecule has 0 spiro atoms. The van der Waals surface area contributed by atoms with Crippen molar-refractivity contribution in [1.29, 1.82) is 0 Å². The number of anilines is 3. The lowest BCUT2D eigenvalue weighted by molar-refractivity contribution is 0.326. The Morgan fingerprint density at radius 3 is 1.72 bits per heavy atom. The molecular weight excluding hydrogens is 518 g/mol. The van der Waals surface area contributed by atoms with Crippen molar-refractivity contribution in [2.45, 2.75) is 52.4 Å². The van der Waals surface area contributed by atoms with E-state index in [1.165, 1.54) is 55.3 Å². The predicted molar refractivity (Wildman–Crippen MR) is 184 cm³/mol. The van der Waals surface area contributed by atoms with Gasteiger partial charge in [0.15, 0.2) is 0 Å². The van der Waals surface area contributed by atoms with Crippen molar-refractivity contribution in [1.82, 2.24) is 0 Å². The third-order valence-electron chi connectivity index (χ3n) is 10.2. The minimum Gasteiger partial charge on any atom is -0.311 e. The zero-order valence-corrected chi connectivity index (χ0v) is 26.1. The van der Waals surface area contributed by atoms with E-state index in [9.17, 15) is 0 Å². The molecule has 1 heteroatoms. The molecule has 0 amide bonds. The molecule has 1 unspecified atom stereocenters. The van der Waals surface area contributed by atoms with Gasteiger partial charge in [0.1, 0.15) is 0 Å². The highest BCUT2D eigenvalue weighted by Gasteiger charge is 2.50. The molecule has 0 aromatic heterocycles. The molecule has 0 fully saturated rings. The van der Waals surface area contributed by atoms with Crippen LogP contribution in [0.4, 0.5) is 17.1 Å². The van der Waals surface area contributed by atoms with E-state index in [2.05, 4.69) is 174 Å². The van der Waals surface area contributed by atoms with Crippen LogP contribution in [-0.4, -0.2) is 0 Å². The highest BCUT2D eigenvalue weighted by molar-refractivity contribution is 6.03. The molecule has 0 aliphatic heterocycles. The van der Waals surface area contributed by atoms with Crippen molar-refractivity contribution in [3.8, 4) is 11.1 Å². The van der Waals surface area contributed by atoms with Gasteiger partial charge in [-0.15, -0.1) is 0 Å². The first-order valence-corrected chi connectivity index (χ1v) is 15.4. The third kappa shape index (κ3) is 4.13. The normalized spacial score (nSPS) is 16.9. The van der Waals surface area contributed by atoms with E-state index in [0.29, 0.717) is 0 Å². The van der Waals surface area contributed by atoms with Crippen molar-refractivity contribution in [3.63, 3.8) is 0 Å². The maximum absolute atomic E-state index is 2.47. The lowest BCUT2D eigenvalue weighted by atomic mass is 9.51. The highest BCUT2D eigenvalue weighted by atomic mass is 15.1. The molecule has 1 aliphatic carbocycles. The molecule has 0 N–H and O–H groups in total. The first-order chi connectivity index (χ1) is 20.7. The summed E-state index contributed by atoms with van der Waals surface area (Å²) < 4.78 is 0. The number of rotatable bonds is 4. The minimum absolute atomic E-state index is 0.145. The lowest BCUT2D eigenvalue weighted by Gasteiger charge is -2.51. The maximum Gasteiger partial charge on any atom is 0.0461 e. The molecule has 1 aliphatic rings. The van der Waals surface area contributed by atoms with Crippen LogP contribution in [0.1, 0.15) is 54.2 Å². The molecule has 0 saturated carbocycles. The number of aryl methyl sites for hydroxylation is 3. The van der Waals surface area contributed by atoms with Crippen LogP contribution in [-0.2, 0) is 10.8 Å². The number of para-hydroxylation sites is 1. The summed E-state index contributed by atoms with van der Waals surface area (Å²) in [5.74, 6) is 0. The number of hydrogen-bond donors (Lipinski definition) is 0. The first-order valence-electron chi connectivity index (χ1n) is 15.4. The summed E-state index contributed by atoms with van der Waals surface area (Å²) >= 11 is 0. The molecule has 212 valence electrons. The second-order valence-corrected chi connectivity index (χ2v) is 13.0. The fourth-order valence-corrected chi connectivity index (χ4v) is 7.42. The molecule has 6 aromatic rings. The quantitative estimate of drug-likeness (QED) is 0.208. The fraction of sp³-hybridized carbons (Fsp3) is 0.190. The largest absolute Gasteiger partial charge is 0.311 e. The van der Waals surface area contributed by atoms with E-state index in [1.807, 2.05) is 0 Å². The summed E-state index contributed by atoms with van der Waals surface area (Å²) in [7, 11) is 0. The van der Waals surface area contributed by atoms with Gasteiger partial charge in [0.2, 0.25) is 0 Å². The van der Waals surface area contributed by atoms with Crippen LogP contribution >= 0.6 is 0 Å². The SMILES string of the molecule is Cc1ccc(N(c2ccccc2)c2ccc(C3(C)c4cc(C)c5ccccc5c4-c4ccc(C)cc4C3(C)C)cc2)cc1. The van der Waals surface area contributed by atoms with Crippen molar-refractivity contribution in [3.05, 3.63) is 161 Å². The molecule has 6 aromatic carbocycles. The maximum atomic E-state index is 2.47. The lowest BCUT2D eigenvalue weighted by Crippen LogP contribution is -2.47. The van der Waals surface area contributed by atoms with Gasteiger partial charge in [-0.2, -0.15) is 0 Å². The van der Waals surface area contributed by atoms with Gasteiger partial charge in [-0.25, -0.2) is 0 Å². The Bertz CT molecular complexity index is 1960. The van der Waals surface area contributed by atoms with E-state index in [4.69, 9.17) is 0 Å². The second-order valence-electron chi connectivity index (χ2n) is 13.0. The summed E-state index contributed by atoms with van der Waals surface area (Å²) in [6, 6.07) is 47.3. The Hall–Kier alpha value is -4.62. The van der Waals surface area contributed by atoms with E-state index in [0.717, 1.165) is 17.1 Å². The Labute approximate surface area is 256 Å². The topological polar surface area (TPSA) is 3.24 Å². The van der Waals surface area contributed by atoms with Crippen molar-refractivity contribution >= 4 is 27.8 Å². The summed E-state index contributed by atoms with van der Waals surface area (Å²) in [5, 5.41) is 2.68. The van der Waals surface area contributed by atoms with Crippen molar-refractivity contribution < 1.29 is 0 Å². The average molecular weight is 558 g/mol. The minimum atomic E-state index is -0.252. The summed E-state index contributed by atoms with van der Waals surface area (Å²) in [4.78, 5) is 2.35. The van der Waals surface area contributed by atoms with Gasteiger partial charge in [0, 0.05) is 27.9 Å². The van der Waals surface area contributed by atoms with E-state index >= 15 is 0 Å². The molecule has 0 heterocycles. The van der Waals surface area contributed by atoms with Crippen LogP contribution in [0.5, 0.6) is 0 Å². The van der Waals surface area contributed by atoms with Crippen LogP contribution in [0.15, 0.2) is 127 Å². The molecule has 1 atom stereocenters. The molecule has 0 saturated heterocycles. The smallest absolute Gasteiger partial charge is 0.0461 e. The average Bonchev–Trinajstić information content (AvgIpc) is 3.02. The number of fused-ring (bicyclic) bond motifs is 5. The number of nitrogens with zero attached hydrogens (tertiary/aromatic N) is 1. The monoisotopic (exact) mass is 557 g/mol. The second kappa shape index (κ2) is 9.99. The molecular formula is C42H39N. The molecule has 0 bridgehead atoms. The van der Waals surface area contributed by atoms with Gasteiger partial charge in [-0.05, 0) is 101 Å². The van der Waals surface area contributed by atoms with Crippen LogP contribution in [0.25, 0.3) is 21.9 Å². The van der Waals surface area contributed by atoms with Gasteiger partial charge in [-0.3, -0.25) is 0 Å². The third-order valence-corrected chi connectivity index (χ3v) is 10.2. The molecule has 43 heavy (non-hydrogen) atoms. The van der Waals surface area contributed by atoms with Crippen LogP contribution in [0.3, 0.4) is 0 Å².